The molecule has 140 valence electrons. The number of unbranched alkanes of at least 4 members (excludes halogenated alkanes) is 2. The van der Waals surface area contributed by atoms with E-state index in [0.717, 1.165) is 25.7 Å². The number of hydrogen-bond acceptors (Lipinski definition) is 2. The second-order valence-electron chi connectivity index (χ2n) is 6.01. The first-order chi connectivity index (χ1) is 11.9. The summed E-state index contributed by atoms with van der Waals surface area (Å²) < 4.78 is 0. The monoisotopic (exact) mass is 370 g/mol. The second-order valence-corrected chi connectivity index (χ2v) is 6.38. The molecule has 0 bridgehead atoms. The fourth-order valence-electron chi connectivity index (χ4n) is 2.47. The van der Waals surface area contributed by atoms with Crippen LogP contribution in [0.4, 0.5) is 9.59 Å². The molecule has 2 N–H and O–H groups in total. The van der Waals surface area contributed by atoms with Gasteiger partial charge in [0.05, 0.1) is 18.1 Å². The molecule has 0 aliphatic heterocycles. The van der Waals surface area contributed by atoms with Crippen LogP contribution in [0, 0.1) is 0 Å². The van der Waals surface area contributed by atoms with Crippen LogP contribution in [0.2, 0.25) is 5.02 Å². The summed E-state index contributed by atoms with van der Waals surface area (Å²) in [6, 6.07) is 5.35. The van der Waals surface area contributed by atoms with Gasteiger partial charge in [-0.05, 0) is 24.0 Å². The van der Waals surface area contributed by atoms with Crippen LogP contribution in [0.15, 0.2) is 18.2 Å². The minimum absolute atomic E-state index is 0.198. The maximum Gasteiger partial charge on any atom is 0.407 e. The van der Waals surface area contributed by atoms with Crippen molar-refractivity contribution in [2.45, 2.75) is 52.6 Å². The molecule has 25 heavy (non-hydrogen) atoms. The van der Waals surface area contributed by atoms with Crippen LogP contribution in [0.3, 0.4) is 0 Å². The van der Waals surface area contributed by atoms with Crippen LogP contribution in [0.1, 0.15) is 50.7 Å². The summed E-state index contributed by atoms with van der Waals surface area (Å²) in [5, 5.41) is 19.1. The van der Waals surface area contributed by atoms with Crippen molar-refractivity contribution in [3.05, 3.63) is 34.3 Å². The zero-order valence-corrected chi connectivity index (χ0v) is 15.6. The largest absolute Gasteiger partial charge is 0.465 e. The summed E-state index contributed by atoms with van der Waals surface area (Å²) in [6.07, 6.45) is 1.42. The maximum absolute atomic E-state index is 11.4. The minimum atomic E-state index is -0.981. The summed E-state index contributed by atoms with van der Waals surface area (Å²) >= 11 is 6.44. The van der Waals surface area contributed by atoms with Gasteiger partial charge >= 0.3 is 12.2 Å². The summed E-state index contributed by atoms with van der Waals surface area (Å²) in [7, 11) is 0. The molecule has 0 aliphatic rings. The molecule has 1 aromatic carbocycles. The lowest BCUT2D eigenvalue weighted by Crippen LogP contribution is -2.31. The van der Waals surface area contributed by atoms with Gasteiger partial charge in [-0.2, -0.15) is 0 Å². The predicted molar refractivity (Wildman–Crippen MR) is 98.1 cm³/mol. The van der Waals surface area contributed by atoms with Crippen LogP contribution >= 0.6 is 11.6 Å². The molecule has 0 aromatic heterocycles. The minimum Gasteiger partial charge on any atom is -0.465 e. The number of nitrogens with zero attached hydrogens (tertiary/aromatic N) is 2. The molecular weight excluding hydrogens is 344 g/mol. The fraction of sp³-hybridized carbons (Fsp3) is 0.556. The van der Waals surface area contributed by atoms with E-state index in [1.807, 2.05) is 13.8 Å². The van der Waals surface area contributed by atoms with Gasteiger partial charge in [0.2, 0.25) is 0 Å². The number of carboxylic acid groups (broad SMARTS) is 2. The molecule has 1 aromatic rings. The molecule has 0 radical (unpaired) electrons. The van der Waals surface area contributed by atoms with Gasteiger partial charge in [-0.25, -0.2) is 9.59 Å². The summed E-state index contributed by atoms with van der Waals surface area (Å²) in [6.45, 7) is 5.30. The highest BCUT2D eigenvalue weighted by atomic mass is 35.5. The standard InChI is InChI=1S/C18H27ClN2O4/c1-3-5-10-20(17(22)23)12-14-8-7-9-15(16(14)19)13-21(18(24)25)11-6-4-2/h7-9H,3-6,10-13H2,1-2H3,(H,22,23)(H,24,25). The molecule has 1 rings (SSSR count). The van der Waals surface area contributed by atoms with E-state index >= 15 is 0 Å². The number of carbonyl (C=O) groups is 2. The van der Waals surface area contributed by atoms with Crippen molar-refractivity contribution < 1.29 is 19.8 Å². The Morgan fingerprint density at radius 2 is 1.32 bits per heavy atom. The molecule has 0 aliphatic carbocycles. The van der Waals surface area contributed by atoms with E-state index in [1.165, 1.54) is 9.80 Å². The normalized spacial score (nSPS) is 10.5. The average Bonchev–Trinajstić information content (AvgIpc) is 2.57. The first kappa shape index (κ1) is 21.1. The third-order valence-corrected chi connectivity index (χ3v) is 4.47. The van der Waals surface area contributed by atoms with Crippen molar-refractivity contribution in [2.24, 2.45) is 0 Å². The summed E-state index contributed by atoms with van der Waals surface area (Å²) in [4.78, 5) is 25.4. The highest BCUT2D eigenvalue weighted by molar-refractivity contribution is 6.32. The Labute approximate surface area is 154 Å². The molecule has 0 unspecified atom stereocenters. The smallest absolute Gasteiger partial charge is 0.407 e. The van der Waals surface area contributed by atoms with Gasteiger partial charge in [0.25, 0.3) is 0 Å². The van der Waals surface area contributed by atoms with Crippen LogP contribution in [0.25, 0.3) is 0 Å². The van der Waals surface area contributed by atoms with E-state index in [4.69, 9.17) is 11.6 Å². The summed E-state index contributed by atoms with van der Waals surface area (Å²) in [5.41, 5.74) is 1.39. The van der Waals surface area contributed by atoms with E-state index in [0.29, 0.717) is 29.2 Å². The van der Waals surface area contributed by atoms with Gasteiger partial charge < -0.3 is 20.0 Å². The van der Waals surface area contributed by atoms with E-state index < -0.39 is 12.2 Å². The molecule has 0 atom stereocenters. The molecule has 0 saturated carbocycles. The zero-order valence-electron chi connectivity index (χ0n) is 14.9. The Balaban J connectivity index is 2.92. The number of hydrogen-bond donors (Lipinski definition) is 2. The van der Waals surface area contributed by atoms with Gasteiger partial charge in [0.1, 0.15) is 0 Å². The van der Waals surface area contributed by atoms with Gasteiger partial charge in [-0.15, -0.1) is 0 Å². The second kappa shape index (κ2) is 10.8. The first-order valence-corrected chi connectivity index (χ1v) is 9.00. The van der Waals surface area contributed by atoms with Crippen molar-refractivity contribution >= 4 is 23.8 Å². The van der Waals surface area contributed by atoms with Crippen molar-refractivity contribution in [2.75, 3.05) is 13.1 Å². The lowest BCUT2D eigenvalue weighted by molar-refractivity contribution is 0.141. The van der Waals surface area contributed by atoms with Gasteiger partial charge in [0, 0.05) is 13.1 Å². The third kappa shape index (κ3) is 6.82. The Bertz CT molecular complexity index is 534. The van der Waals surface area contributed by atoms with E-state index in [1.54, 1.807) is 18.2 Å². The molecule has 0 saturated heterocycles. The first-order valence-electron chi connectivity index (χ1n) is 8.62. The average molecular weight is 371 g/mol. The molecule has 2 amide bonds. The van der Waals surface area contributed by atoms with Gasteiger partial charge in [-0.3, -0.25) is 0 Å². The molecule has 6 nitrogen and oxygen atoms in total. The lowest BCUT2D eigenvalue weighted by atomic mass is 10.1. The Hall–Kier alpha value is -1.95. The predicted octanol–water partition coefficient (Wildman–Crippen LogP) is 4.90. The molecule has 0 fully saturated rings. The quantitative estimate of drug-likeness (QED) is 0.613. The highest BCUT2D eigenvalue weighted by Gasteiger charge is 2.17. The third-order valence-electron chi connectivity index (χ3n) is 3.99. The van der Waals surface area contributed by atoms with Crippen LogP contribution < -0.4 is 0 Å². The molecule has 7 heteroatoms. The Morgan fingerprint density at radius 1 is 0.920 bits per heavy atom. The number of amides is 2. The van der Waals surface area contributed by atoms with E-state index in [2.05, 4.69) is 0 Å². The lowest BCUT2D eigenvalue weighted by Gasteiger charge is -2.22. The number of rotatable bonds is 10. The topological polar surface area (TPSA) is 81.1 Å². The SMILES string of the molecule is CCCCN(Cc1cccc(CN(CCCC)C(=O)O)c1Cl)C(=O)O. The number of halogens is 1. The van der Waals surface area contributed by atoms with Crippen LogP contribution in [0.5, 0.6) is 0 Å². The molecular formula is C18H27ClN2O4. The summed E-state index contributed by atoms with van der Waals surface area (Å²) in [5.74, 6) is 0. The van der Waals surface area contributed by atoms with E-state index in [-0.39, 0.29) is 13.1 Å². The molecule has 0 heterocycles. The van der Waals surface area contributed by atoms with Gasteiger partial charge in [0.15, 0.2) is 0 Å². The zero-order chi connectivity index (χ0) is 18.8. The van der Waals surface area contributed by atoms with E-state index in [9.17, 15) is 19.8 Å². The van der Waals surface area contributed by atoms with Crippen molar-refractivity contribution in [3.63, 3.8) is 0 Å². The van der Waals surface area contributed by atoms with Crippen molar-refractivity contribution in [3.8, 4) is 0 Å². The fourth-order valence-corrected chi connectivity index (χ4v) is 2.72. The Kier molecular flexibility index (Phi) is 9.13. The van der Waals surface area contributed by atoms with Crippen LogP contribution in [-0.4, -0.2) is 45.3 Å². The van der Waals surface area contributed by atoms with Gasteiger partial charge in [-0.1, -0.05) is 56.5 Å². The van der Waals surface area contributed by atoms with Crippen molar-refractivity contribution in [1.82, 2.24) is 9.80 Å². The van der Waals surface area contributed by atoms with Crippen molar-refractivity contribution in [1.29, 1.82) is 0 Å². The maximum atomic E-state index is 11.4. The van der Waals surface area contributed by atoms with Crippen LogP contribution in [-0.2, 0) is 13.1 Å². The molecule has 0 spiro atoms. The Morgan fingerprint density at radius 3 is 1.64 bits per heavy atom. The highest BCUT2D eigenvalue weighted by Crippen LogP contribution is 2.24. The number of benzene rings is 1.